The van der Waals surface area contributed by atoms with E-state index < -0.39 is 0 Å². The third kappa shape index (κ3) is 4.15. The van der Waals surface area contributed by atoms with Crippen LogP contribution in [0.3, 0.4) is 0 Å². The molecule has 0 aliphatic heterocycles. The molecule has 0 aliphatic carbocycles. The fraction of sp³-hybridized carbons (Fsp3) is 0.174. The molecule has 28 heavy (non-hydrogen) atoms. The molecule has 0 fully saturated rings. The van der Waals surface area contributed by atoms with E-state index in [9.17, 15) is 0 Å². The lowest BCUT2D eigenvalue weighted by Gasteiger charge is -2.06. The van der Waals surface area contributed by atoms with Crippen molar-refractivity contribution in [2.75, 3.05) is 13.7 Å². The first-order chi connectivity index (χ1) is 13.8. The number of para-hydroxylation sites is 1. The third-order valence-electron chi connectivity index (χ3n) is 4.60. The van der Waals surface area contributed by atoms with Crippen LogP contribution in [0, 0.1) is 0 Å². The summed E-state index contributed by atoms with van der Waals surface area (Å²) in [7, 11) is 1.68. The van der Waals surface area contributed by atoms with E-state index >= 15 is 0 Å². The van der Waals surface area contributed by atoms with E-state index in [-0.39, 0.29) is 0 Å². The second-order valence-corrected chi connectivity index (χ2v) is 6.52. The Labute approximate surface area is 164 Å². The minimum absolute atomic E-state index is 0.722. The second kappa shape index (κ2) is 8.59. The van der Waals surface area contributed by atoms with Crippen molar-refractivity contribution >= 4 is 0 Å². The van der Waals surface area contributed by atoms with Gasteiger partial charge in [0.1, 0.15) is 11.5 Å². The van der Waals surface area contributed by atoms with Crippen LogP contribution >= 0.6 is 0 Å². The number of nitrogens with one attached hydrogen (secondary N) is 1. The second-order valence-electron chi connectivity index (χ2n) is 6.52. The van der Waals surface area contributed by atoms with Crippen LogP contribution in [-0.2, 0) is 13.0 Å². The predicted molar refractivity (Wildman–Crippen MR) is 110 cm³/mol. The quantitative estimate of drug-likeness (QED) is 0.463. The number of aromatic nitrogens is 2. The van der Waals surface area contributed by atoms with Gasteiger partial charge in [0.15, 0.2) is 0 Å². The molecule has 142 valence electrons. The summed E-state index contributed by atoms with van der Waals surface area (Å²) in [6, 6.07) is 22.1. The summed E-state index contributed by atoms with van der Waals surface area (Å²) in [5.41, 5.74) is 4.16. The van der Waals surface area contributed by atoms with Gasteiger partial charge in [0, 0.05) is 36.8 Å². The molecule has 5 nitrogen and oxygen atoms in total. The summed E-state index contributed by atoms with van der Waals surface area (Å²) in [6.07, 6.45) is 4.65. The van der Waals surface area contributed by atoms with Crippen LogP contribution in [0.2, 0.25) is 0 Å². The van der Waals surface area contributed by atoms with Gasteiger partial charge >= 0.3 is 0 Å². The number of nitrogens with zero attached hydrogens (tertiary/aromatic N) is 2. The zero-order chi connectivity index (χ0) is 19.2. The highest BCUT2D eigenvalue weighted by molar-refractivity contribution is 5.65. The fourth-order valence-electron chi connectivity index (χ4n) is 3.15. The average Bonchev–Trinajstić information content (AvgIpc) is 3.42. The van der Waals surface area contributed by atoms with Crippen LogP contribution in [0.4, 0.5) is 0 Å². The van der Waals surface area contributed by atoms with E-state index in [0.29, 0.717) is 0 Å². The number of methoxy groups -OCH3 is 1. The molecule has 1 N–H and O–H groups in total. The van der Waals surface area contributed by atoms with Crippen molar-refractivity contribution in [2.45, 2.75) is 13.0 Å². The molecule has 0 radical (unpaired) electrons. The van der Waals surface area contributed by atoms with Crippen molar-refractivity contribution in [2.24, 2.45) is 0 Å². The maximum absolute atomic E-state index is 5.40. The highest BCUT2D eigenvalue weighted by Gasteiger charge is 2.13. The molecule has 0 spiro atoms. The Morgan fingerprint density at radius 3 is 2.71 bits per heavy atom. The Morgan fingerprint density at radius 1 is 1.04 bits per heavy atom. The molecular formula is C23H23N3O2. The van der Waals surface area contributed by atoms with Gasteiger partial charge in [-0.15, -0.1) is 0 Å². The summed E-state index contributed by atoms with van der Waals surface area (Å²) in [4.78, 5) is 0. The largest absolute Gasteiger partial charge is 0.497 e. The molecule has 0 amide bonds. The van der Waals surface area contributed by atoms with Crippen molar-refractivity contribution in [3.63, 3.8) is 0 Å². The van der Waals surface area contributed by atoms with Crippen LogP contribution in [0.1, 0.15) is 11.3 Å². The van der Waals surface area contributed by atoms with Gasteiger partial charge in [0.05, 0.1) is 24.8 Å². The number of hydrogen-bond donors (Lipinski definition) is 1. The van der Waals surface area contributed by atoms with Crippen molar-refractivity contribution in [3.8, 4) is 22.7 Å². The van der Waals surface area contributed by atoms with Crippen molar-refractivity contribution in [1.82, 2.24) is 15.1 Å². The Kier molecular flexibility index (Phi) is 5.54. The highest BCUT2D eigenvalue weighted by atomic mass is 16.5. The monoisotopic (exact) mass is 373 g/mol. The van der Waals surface area contributed by atoms with Gasteiger partial charge in [-0.25, -0.2) is 4.68 Å². The Bertz CT molecular complexity index is 1010. The van der Waals surface area contributed by atoms with Gasteiger partial charge in [0.2, 0.25) is 0 Å². The van der Waals surface area contributed by atoms with Gasteiger partial charge in [-0.1, -0.05) is 30.3 Å². The Morgan fingerprint density at radius 2 is 1.93 bits per heavy atom. The van der Waals surface area contributed by atoms with E-state index in [1.54, 1.807) is 13.4 Å². The summed E-state index contributed by atoms with van der Waals surface area (Å²) >= 11 is 0. The lowest BCUT2D eigenvalue weighted by Crippen LogP contribution is -2.16. The van der Waals surface area contributed by atoms with Crippen LogP contribution in [-0.4, -0.2) is 23.4 Å². The van der Waals surface area contributed by atoms with E-state index in [1.165, 1.54) is 0 Å². The molecule has 0 bridgehead atoms. The van der Waals surface area contributed by atoms with E-state index in [4.69, 9.17) is 14.3 Å². The molecule has 2 aromatic carbocycles. The van der Waals surface area contributed by atoms with Crippen LogP contribution in [0.25, 0.3) is 16.9 Å². The number of benzene rings is 2. The van der Waals surface area contributed by atoms with Crippen molar-refractivity contribution in [3.05, 3.63) is 90.5 Å². The minimum atomic E-state index is 0.722. The molecule has 2 heterocycles. The molecule has 0 atom stereocenters. The smallest absolute Gasteiger partial charge is 0.119 e. The molecule has 0 saturated heterocycles. The Hall–Kier alpha value is -3.31. The zero-order valence-electron chi connectivity index (χ0n) is 15.8. The molecule has 2 aromatic heterocycles. The Balaban J connectivity index is 1.58. The first-order valence-electron chi connectivity index (χ1n) is 9.35. The predicted octanol–water partition coefficient (Wildman–Crippen LogP) is 4.47. The van der Waals surface area contributed by atoms with Gasteiger partial charge in [-0.05, 0) is 36.4 Å². The topological polar surface area (TPSA) is 52.2 Å². The summed E-state index contributed by atoms with van der Waals surface area (Å²) in [6.45, 7) is 1.56. The normalized spacial score (nSPS) is 10.9. The van der Waals surface area contributed by atoms with E-state index in [1.807, 2.05) is 53.2 Å². The molecule has 0 unspecified atom stereocenters. The molecule has 4 aromatic rings. The highest BCUT2D eigenvalue weighted by Crippen LogP contribution is 2.27. The van der Waals surface area contributed by atoms with E-state index in [0.717, 1.165) is 53.5 Å². The first kappa shape index (κ1) is 18.1. The maximum Gasteiger partial charge on any atom is 0.119 e. The number of furan rings is 1. The maximum atomic E-state index is 5.40. The molecule has 4 rings (SSSR count). The van der Waals surface area contributed by atoms with Gasteiger partial charge in [-0.2, -0.15) is 5.10 Å². The van der Waals surface area contributed by atoms with Gasteiger partial charge in [0.25, 0.3) is 0 Å². The molecule has 0 aliphatic rings. The van der Waals surface area contributed by atoms with E-state index in [2.05, 4.69) is 29.7 Å². The zero-order valence-corrected chi connectivity index (χ0v) is 15.8. The third-order valence-corrected chi connectivity index (χ3v) is 4.60. The SMILES string of the molecule is COc1cccc(-c2nn(-c3ccccc3)cc2CNCCc2ccco2)c1. The standard InChI is InChI=1S/C23H23N3O2/c1-27-22-10-5-7-18(15-22)23-19(16-24-13-12-21-11-6-14-28-21)17-26(25-23)20-8-3-2-4-9-20/h2-11,14-15,17,24H,12-13,16H2,1H3. The average molecular weight is 373 g/mol. The van der Waals surface area contributed by atoms with Crippen LogP contribution in [0.15, 0.2) is 83.6 Å². The van der Waals surface area contributed by atoms with Crippen LogP contribution in [0.5, 0.6) is 5.75 Å². The lowest BCUT2D eigenvalue weighted by molar-refractivity contribution is 0.415. The summed E-state index contributed by atoms with van der Waals surface area (Å²) < 4.78 is 12.7. The number of ether oxygens (including phenoxy) is 1. The lowest BCUT2D eigenvalue weighted by atomic mass is 10.1. The minimum Gasteiger partial charge on any atom is -0.497 e. The van der Waals surface area contributed by atoms with Gasteiger partial charge in [-0.3, -0.25) is 0 Å². The van der Waals surface area contributed by atoms with Crippen LogP contribution < -0.4 is 10.1 Å². The molecule has 0 saturated carbocycles. The first-order valence-corrected chi connectivity index (χ1v) is 9.35. The summed E-state index contributed by atoms with van der Waals surface area (Å²) in [5.74, 6) is 1.81. The summed E-state index contributed by atoms with van der Waals surface area (Å²) in [5, 5.41) is 8.36. The number of rotatable bonds is 8. The van der Waals surface area contributed by atoms with Crippen molar-refractivity contribution in [1.29, 1.82) is 0 Å². The molecular weight excluding hydrogens is 350 g/mol. The van der Waals surface area contributed by atoms with Crippen molar-refractivity contribution < 1.29 is 9.15 Å². The number of hydrogen-bond acceptors (Lipinski definition) is 4. The van der Waals surface area contributed by atoms with Gasteiger partial charge < -0.3 is 14.5 Å². The molecule has 5 heteroatoms. The fourth-order valence-corrected chi connectivity index (χ4v) is 3.15.